The predicted molar refractivity (Wildman–Crippen MR) is 93.7 cm³/mol. The van der Waals surface area contributed by atoms with Gasteiger partial charge in [-0.3, -0.25) is 0 Å². The highest BCUT2D eigenvalue weighted by molar-refractivity contribution is 5.77. The summed E-state index contributed by atoms with van der Waals surface area (Å²) >= 11 is 0. The molecule has 3 heteroatoms. The summed E-state index contributed by atoms with van der Waals surface area (Å²) in [6.07, 6.45) is 0.184. The molecule has 0 aliphatic carbocycles. The molecule has 0 saturated heterocycles. The molecule has 0 spiro atoms. The number of hydrogen-bond acceptors (Lipinski definition) is 3. The zero-order chi connectivity index (χ0) is 16.2. The second-order valence-electron chi connectivity index (χ2n) is 6.09. The van der Waals surface area contributed by atoms with Gasteiger partial charge in [0, 0.05) is 11.4 Å². The summed E-state index contributed by atoms with van der Waals surface area (Å²) in [4.78, 5) is 0. The molecule has 120 valence electrons. The Morgan fingerprint density at radius 3 is 2.61 bits per heavy atom. The average Bonchev–Trinajstić information content (AvgIpc) is 2.95. The van der Waals surface area contributed by atoms with Crippen LogP contribution in [0.4, 0.5) is 0 Å². The molecule has 0 aliphatic heterocycles. The van der Waals surface area contributed by atoms with Crippen molar-refractivity contribution in [2.45, 2.75) is 39.5 Å². The Morgan fingerprint density at radius 1 is 1.00 bits per heavy atom. The third-order valence-corrected chi connectivity index (χ3v) is 3.79. The Balaban J connectivity index is 1.65. The second-order valence-corrected chi connectivity index (χ2v) is 6.09. The quantitative estimate of drug-likeness (QED) is 0.690. The number of fused-ring (bicyclic) bond motifs is 1. The standard InChI is InChI=1S/C20H23NO2/c1-14(2)22-18-9-6-8-16(11-18)15(3)21-13-19-12-17-7-4-5-10-20(17)23-19/h4-12,14-15,21H,13H2,1-3H3. The fraction of sp³-hybridized carbons (Fsp3) is 0.300. The van der Waals surface area contributed by atoms with Crippen LogP contribution in [0.5, 0.6) is 5.75 Å². The molecule has 1 N–H and O–H groups in total. The summed E-state index contributed by atoms with van der Waals surface area (Å²) in [5.41, 5.74) is 2.14. The summed E-state index contributed by atoms with van der Waals surface area (Å²) < 4.78 is 11.6. The Hall–Kier alpha value is -2.26. The summed E-state index contributed by atoms with van der Waals surface area (Å²) in [5.74, 6) is 1.86. The van der Waals surface area contributed by atoms with Crippen molar-refractivity contribution in [2.75, 3.05) is 0 Å². The molecule has 2 aromatic carbocycles. The summed E-state index contributed by atoms with van der Waals surface area (Å²) in [6, 6.07) is 18.6. The van der Waals surface area contributed by atoms with Gasteiger partial charge in [-0.1, -0.05) is 30.3 Å². The van der Waals surface area contributed by atoms with Gasteiger partial charge in [-0.25, -0.2) is 0 Å². The first-order valence-corrected chi connectivity index (χ1v) is 8.09. The maximum Gasteiger partial charge on any atom is 0.134 e. The topological polar surface area (TPSA) is 34.4 Å². The van der Waals surface area contributed by atoms with Gasteiger partial charge in [0.2, 0.25) is 0 Å². The van der Waals surface area contributed by atoms with Crippen LogP contribution >= 0.6 is 0 Å². The highest BCUT2D eigenvalue weighted by Gasteiger charge is 2.09. The van der Waals surface area contributed by atoms with Crippen molar-refractivity contribution < 1.29 is 9.15 Å². The summed E-state index contributed by atoms with van der Waals surface area (Å²) in [5, 5.41) is 4.65. The maximum atomic E-state index is 5.84. The second kappa shape index (κ2) is 6.88. The first-order valence-electron chi connectivity index (χ1n) is 8.09. The van der Waals surface area contributed by atoms with Crippen LogP contribution in [0.3, 0.4) is 0 Å². The first kappa shape index (κ1) is 15.6. The van der Waals surface area contributed by atoms with Gasteiger partial charge in [-0.05, 0) is 50.6 Å². The van der Waals surface area contributed by atoms with Crippen LogP contribution in [0, 0.1) is 0 Å². The van der Waals surface area contributed by atoms with Gasteiger partial charge in [0.05, 0.1) is 12.6 Å². The van der Waals surface area contributed by atoms with Gasteiger partial charge in [-0.2, -0.15) is 0 Å². The lowest BCUT2D eigenvalue weighted by Crippen LogP contribution is -2.18. The van der Waals surface area contributed by atoms with E-state index < -0.39 is 0 Å². The van der Waals surface area contributed by atoms with Crippen molar-refractivity contribution in [3.05, 3.63) is 65.9 Å². The molecule has 1 heterocycles. The summed E-state index contributed by atoms with van der Waals surface area (Å²) in [7, 11) is 0. The van der Waals surface area contributed by atoms with Gasteiger partial charge >= 0.3 is 0 Å². The average molecular weight is 309 g/mol. The molecule has 3 nitrogen and oxygen atoms in total. The number of rotatable bonds is 6. The van der Waals surface area contributed by atoms with Crippen LogP contribution < -0.4 is 10.1 Å². The molecular formula is C20H23NO2. The minimum atomic E-state index is 0.184. The highest BCUT2D eigenvalue weighted by Crippen LogP contribution is 2.22. The number of nitrogens with one attached hydrogen (secondary N) is 1. The fourth-order valence-corrected chi connectivity index (χ4v) is 2.62. The van der Waals surface area contributed by atoms with Crippen LogP contribution in [0.2, 0.25) is 0 Å². The van der Waals surface area contributed by atoms with Gasteiger partial charge in [0.15, 0.2) is 0 Å². The van der Waals surface area contributed by atoms with Crippen molar-refractivity contribution in [3.63, 3.8) is 0 Å². The smallest absolute Gasteiger partial charge is 0.134 e. The van der Waals surface area contributed by atoms with Crippen LogP contribution in [-0.4, -0.2) is 6.10 Å². The van der Waals surface area contributed by atoms with E-state index in [4.69, 9.17) is 9.15 Å². The molecule has 0 amide bonds. The van der Waals surface area contributed by atoms with E-state index in [0.29, 0.717) is 6.54 Å². The number of benzene rings is 2. The van der Waals surface area contributed by atoms with Crippen LogP contribution in [0.1, 0.15) is 38.1 Å². The lowest BCUT2D eigenvalue weighted by atomic mass is 10.1. The van der Waals surface area contributed by atoms with Crippen LogP contribution in [0.25, 0.3) is 11.0 Å². The fourth-order valence-electron chi connectivity index (χ4n) is 2.62. The molecule has 0 saturated carbocycles. The van der Waals surface area contributed by atoms with Gasteiger partial charge in [-0.15, -0.1) is 0 Å². The molecular weight excluding hydrogens is 286 g/mol. The third-order valence-electron chi connectivity index (χ3n) is 3.79. The van der Waals surface area contributed by atoms with Crippen LogP contribution in [0.15, 0.2) is 59.0 Å². The van der Waals surface area contributed by atoms with E-state index >= 15 is 0 Å². The van der Waals surface area contributed by atoms with E-state index in [1.165, 1.54) is 5.56 Å². The molecule has 1 atom stereocenters. The van der Waals surface area contributed by atoms with E-state index in [1.54, 1.807) is 0 Å². The number of furan rings is 1. The van der Waals surface area contributed by atoms with Gasteiger partial charge in [0.1, 0.15) is 17.1 Å². The van der Waals surface area contributed by atoms with Gasteiger partial charge in [0.25, 0.3) is 0 Å². The molecule has 0 aliphatic rings. The number of para-hydroxylation sites is 1. The molecule has 0 fully saturated rings. The minimum Gasteiger partial charge on any atom is -0.491 e. The Morgan fingerprint density at radius 2 is 1.83 bits per heavy atom. The lowest BCUT2D eigenvalue weighted by Gasteiger charge is -2.16. The van der Waals surface area contributed by atoms with E-state index in [2.05, 4.69) is 36.5 Å². The minimum absolute atomic E-state index is 0.184. The number of hydrogen-bond donors (Lipinski definition) is 1. The van der Waals surface area contributed by atoms with E-state index in [0.717, 1.165) is 22.5 Å². The van der Waals surface area contributed by atoms with Crippen molar-refractivity contribution in [1.29, 1.82) is 0 Å². The molecule has 3 aromatic rings. The monoisotopic (exact) mass is 309 g/mol. The summed E-state index contributed by atoms with van der Waals surface area (Å²) in [6.45, 7) is 6.92. The number of ether oxygens (including phenoxy) is 1. The van der Waals surface area contributed by atoms with E-state index in [-0.39, 0.29) is 12.1 Å². The lowest BCUT2D eigenvalue weighted by molar-refractivity contribution is 0.242. The third kappa shape index (κ3) is 3.93. The zero-order valence-electron chi connectivity index (χ0n) is 13.9. The molecule has 0 bridgehead atoms. The zero-order valence-corrected chi connectivity index (χ0v) is 13.9. The molecule has 23 heavy (non-hydrogen) atoms. The SMILES string of the molecule is CC(C)Oc1cccc(C(C)NCc2cc3ccccc3o2)c1. The van der Waals surface area contributed by atoms with E-state index in [1.807, 2.05) is 44.2 Å². The molecule has 1 aromatic heterocycles. The van der Waals surface area contributed by atoms with Crippen LogP contribution in [-0.2, 0) is 6.54 Å². The molecule has 1 unspecified atom stereocenters. The van der Waals surface area contributed by atoms with E-state index in [9.17, 15) is 0 Å². The first-order chi connectivity index (χ1) is 11.1. The van der Waals surface area contributed by atoms with Crippen molar-refractivity contribution in [1.82, 2.24) is 5.32 Å². The van der Waals surface area contributed by atoms with Crippen molar-refractivity contribution in [3.8, 4) is 5.75 Å². The Bertz CT molecular complexity index is 743. The maximum absolute atomic E-state index is 5.84. The van der Waals surface area contributed by atoms with Crippen molar-refractivity contribution >= 4 is 11.0 Å². The molecule has 3 rings (SSSR count). The normalized spacial score (nSPS) is 12.7. The van der Waals surface area contributed by atoms with Crippen molar-refractivity contribution in [2.24, 2.45) is 0 Å². The Labute approximate surface area is 137 Å². The highest BCUT2D eigenvalue weighted by atomic mass is 16.5. The predicted octanol–water partition coefficient (Wildman–Crippen LogP) is 5.07. The van der Waals surface area contributed by atoms with Gasteiger partial charge < -0.3 is 14.5 Å². The largest absolute Gasteiger partial charge is 0.491 e. The Kier molecular flexibility index (Phi) is 4.68. The molecule has 0 radical (unpaired) electrons.